The fourth-order valence-corrected chi connectivity index (χ4v) is 3.80. The highest BCUT2D eigenvalue weighted by Gasteiger charge is 2.51. The van der Waals surface area contributed by atoms with Crippen LogP contribution in [0.3, 0.4) is 0 Å². The lowest BCUT2D eigenvalue weighted by Crippen LogP contribution is -2.48. The Morgan fingerprint density at radius 3 is 2.80 bits per heavy atom. The number of hydrogen-bond donors (Lipinski definition) is 0. The lowest BCUT2D eigenvalue weighted by Gasteiger charge is -2.44. The van der Waals surface area contributed by atoms with Gasteiger partial charge in [-0.1, -0.05) is 57.3 Å². The molecule has 0 aliphatic heterocycles. The third kappa shape index (κ3) is 3.95. The third-order valence-electron chi connectivity index (χ3n) is 5.91. The Morgan fingerprint density at radius 1 is 1.44 bits per heavy atom. The van der Waals surface area contributed by atoms with E-state index in [0.29, 0.717) is 10.6 Å². The maximum Gasteiger partial charge on any atom is 0.339 e. The number of hydrogen-bond acceptors (Lipinski definition) is 3. The van der Waals surface area contributed by atoms with Gasteiger partial charge in [0, 0.05) is 6.20 Å². The second-order valence-electron chi connectivity index (χ2n) is 7.70. The zero-order chi connectivity index (χ0) is 18.7. The van der Waals surface area contributed by atoms with Gasteiger partial charge in [-0.25, -0.2) is 4.79 Å². The molecule has 1 fully saturated rings. The molecule has 0 bridgehead atoms. The van der Waals surface area contributed by atoms with Crippen LogP contribution >= 0.6 is 12.2 Å². The van der Waals surface area contributed by atoms with Gasteiger partial charge in [0.25, 0.3) is 0 Å². The van der Waals surface area contributed by atoms with E-state index in [4.69, 9.17) is 17.1 Å². The van der Waals surface area contributed by atoms with Gasteiger partial charge in [-0.05, 0) is 55.6 Å². The van der Waals surface area contributed by atoms with E-state index in [2.05, 4.69) is 33.9 Å². The van der Waals surface area contributed by atoms with Crippen LogP contribution in [0.15, 0.2) is 49.2 Å². The van der Waals surface area contributed by atoms with Gasteiger partial charge < -0.3 is 4.84 Å². The first-order chi connectivity index (χ1) is 11.7. The highest BCUT2D eigenvalue weighted by molar-refractivity contribution is 7.71. The summed E-state index contributed by atoms with van der Waals surface area (Å²) in [5.41, 5.74) is 0.289. The van der Waals surface area contributed by atoms with Crippen molar-refractivity contribution in [2.24, 2.45) is 16.7 Å². The Labute approximate surface area is 156 Å². The van der Waals surface area contributed by atoms with Gasteiger partial charge >= 0.3 is 5.97 Å². The van der Waals surface area contributed by atoms with Crippen molar-refractivity contribution in [1.29, 1.82) is 0 Å². The molecule has 25 heavy (non-hydrogen) atoms. The molecule has 1 saturated carbocycles. The first-order valence-corrected chi connectivity index (χ1v) is 9.36. The Hall–Kier alpha value is -1.68. The van der Waals surface area contributed by atoms with Crippen molar-refractivity contribution in [2.45, 2.75) is 52.9 Å². The molecule has 3 nitrogen and oxygen atoms in total. The van der Waals surface area contributed by atoms with Crippen LogP contribution in [0, 0.1) is 21.4 Å². The van der Waals surface area contributed by atoms with E-state index < -0.39 is 5.41 Å². The van der Waals surface area contributed by atoms with E-state index in [1.165, 1.54) is 10.3 Å². The zero-order valence-electron chi connectivity index (χ0n) is 15.6. The molecule has 2 atom stereocenters. The Morgan fingerprint density at radius 2 is 2.16 bits per heavy atom. The van der Waals surface area contributed by atoms with E-state index in [9.17, 15) is 4.79 Å². The topological polar surface area (TPSA) is 31.2 Å². The summed E-state index contributed by atoms with van der Waals surface area (Å²) in [5, 5.41) is 0. The molecule has 0 spiro atoms. The smallest absolute Gasteiger partial charge is 0.335 e. The summed E-state index contributed by atoms with van der Waals surface area (Å²) >= 11 is 5.27. The second kappa shape index (κ2) is 7.69. The molecule has 136 valence electrons. The summed E-state index contributed by atoms with van der Waals surface area (Å²) in [4.78, 5) is 19.1. The van der Waals surface area contributed by atoms with E-state index in [0.717, 1.165) is 32.1 Å². The Bertz CT molecular complexity index is 719. The summed E-state index contributed by atoms with van der Waals surface area (Å²) in [6, 6.07) is 5.38. The molecule has 1 aromatic rings. The molecule has 1 aliphatic carbocycles. The summed E-state index contributed by atoms with van der Waals surface area (Å²) < 4.78 is 1.87. The van der Waals surface area contributed by atoms with Crippen LogP contribution in [0.2, 0.25) is 0 Å². The molecular formula is C21H29NO2S. The van der Waals surface area contributed by atoms with Crippen LogP contribution in [0.25, 0.3) is 0 Å². The monoisotopic (exact) mass is 359 g/mol. The number of rotatable bonds is 4. The molecule has 0 N–H and O–H groups in total. The standard InChI is InChI=1S/C21H29NO2S/c1-6-20(4,5)21(13-9-10-16(2)17(3)12-14-21)19(23)24-22-15-8-7-11-18(22)25/h6-8,11,15,17H,1-2,9-10,12-14H2,3-5H3. The lowest BCUT2D eigenvalue weighted by atomic mass is 9.59. The Kier molecular flexibility index (Phi) is 6.04. The average molecular weight is 360 g/mol. The van der Waals surface area contributed by atoms with E-state index in [1.54, 1.807) is 18.3 Å². The fraction of sp³-hybridized carbons (Fsp3) is 0.524. The van der Waals surface area contributed by atoms with Gasteiger partial charge in [0.05, 0.1) is 5.41 Å². The van der Waals surface area contributed by atoms with Crippen molar-refractivity contribution in [3.05, 3.63) is 53.8 Å². The minimum Gasteiger partial charge on any atom is -0.335 e. The second-order valence-corrected chi connectivity index (χ2v) is 8.12. The van der Waals surface area contributed by atoms with Crippen LogP contribution in [0.4, 0.5) is 0 Å². The van der Waals surface area contributed by atoms with Crippen LogP contribution in [0.5, 0.6) is 0 Å². The zero-order valence-corrected chi connectivity index (χ0v) is 16.4. The van der Waals surface area contributed by atoms with Crippen LogP contribution in [-0.4, -0.2) is 10.7 Å². The van der Waals surface area contributed by atoms with Gasteiger partial charge in [-0.2, -0.15) is 4.73 Å². The number of carbonyl (C=O) groups excluding carboxylic acids is 1. The SMILES string of the molecule is C=CC(C)(C)C1(C(=O)On2ccccc2=S)CCCC(=C)C(C)CC1. The molecule has 0 radical (unpaired) electrons. The van der Waals surface area contributed by atoms with Crippen molar-refractivity contribution in [2.75, 3.05) is 0 Å². The van der Waals surface area contributed by atoms with E-state index in [1.807, 2.05) is 12.1 Å². The molecule has 1 heterocycles. The lowest BCUT2D eigenvalue weighted by molar-refractivity contribution is -0.165. The number of pyridine rings is 1. The molecular weight excluding hydrogens is 330 g/mol. The number of aromatic nitrogens is 1. The third-order valence-corrected chi connectivity index (χ3v) is 6.22. The van der Waals surface area contributed by atoms with Crippen LogP contribution in [0.1, 0.15) is 52.9 Å². The maximum atomic E-state index is 13.3. The summed E-state index contributed by atoms with van der Waals surface area (Å²) in [6.45, 7) is 14.5. The van der Waals surface area contributed by atoms with Crippen molar-refractivity contribution >= 4 is 18.2 Å². The predicted octanol–water partition coefficient (Wildman–Crippen LogP) is 5.53. The molecule has 0 saturated heterocycles. The van der Waals surface area contributed by atoms with Gasteiger partial charge in [0.1, 0.15) is 4.64 Å². The molecule has 2 unspecified atom stereocenters. The summed E-state index contributed by atoms with van der Waals surface area (Å²) in [5.74, 6) is 0.186. The average Bonchev–Trinajstić information content (AvgIpc) is 2.57. The van der Waals surface area contributed by atoms with Crippen LogP contribution < -0.4 is 4.84 Å². The van der Waals surface area contributed by atoms with Gasteiger partial charge in [0.2, 0.25) is 0 Å². The predicted molar refractivity (Wildman–Crippen MR) is 105 cm³/mol. The highest BCUT2D eigenvalue weighted by atomic mass is 32.1. The number of nitrogens with zero attached hydrogens (tertiary/aromatic N) is 1. The van der Waals surface area contributed by atoms with Crippen molar-refractivity contribution < 1.29 is 9.63 Å². The normalized spacial score (nSPS) is 24.9. The van der Waals surface area contributed by atoms with Crippen LogP contribution in [-0.2, 0) is 4.79 Å². The van der Waals surface area contributed by atoms with Gasteiger partial charge in [-0.15, -0.1) is 6.58 Å². The number of allylic oxidation sites excluding steroid dienone is 2. The van der Waals surface area contributed by atoms with Crippen molar-refractivity contribution in [3.63, 3.8) is 0 Å². The quantitative estimate of drug-likeness (QED) is 0.523. The van der Waals surface area contributed by atoms with Crippen molar-refractivity contribution in [3.8, 4) is 0 Å². The number of carbonyl (C=O) groups is 1. The molecule has 1 aromatic heterocycles. The molecule has 1 aliphatic rings. The Balaban J connectivity index is 2.39. The fourth-order valence-electron chi connectivity index (χ4n) is 3.63. The van der Waals surface area contributed by atoms with Gasteiger partial charge in [0.15, 0.2) is 0 Å². The largest absolute Gasteiger partial charge is 0.339 e. The molecule has 0 aromatic carbocycles. The van der Waals surface area contributed by atoms with E-state index in [-0.39, 0.29) is 11.4 Å². The van der Waals surface area contributed by atoms with Crippen molar-refractivity contribution in [1.82, 2.24) is 4.73 Å². The summed E-state index contributed by atoms with van der Waals surface area (Å²) in [6.07, 6.45) is 7.89. The van der Waals surface area contributed by atoms with E-state index >= 15 is 0 Å². The first kappa shape index (κ1) is 19.6. The minimum absolute atomic E-state index is 0.223. The molecule has 4 heteroatoms. The molecule has 2 rings (SSSR count). The van der Waals surface area contributed by atoms with Gasteiger partial charge in [-0.3, -0.25) is 0 Å². The maximum absolute atomic E-state index is 13.3. The highest BCUT2D eigenvalue weighted by Crippen LogP contribution is 2.50. The minimum atomic E-state index is -0.617. The molecule has 0 amide bonds. The first-order valence-electron chi connectivity index (χ1n) is 8.95. The summed E-state index contributed by atoms with van der Waals surface area (Å²) in [7, 11) is 0.